The monoisotopic (exact) mass is 469 g/mol. The van der Waals surface area contributed by atoms with Crippen LogP contribution in [0.5, 0.6) is 11.5 Å². The fourth-order valence-electron chi connectivity index (χ4n) is 3.92. The Bertz CT molecular complexity index is 1260. The summed E-state index contributed by atoms with van der Waals surface area (Å²) < 4.78 is 43.6. The van der Waals surface area contributed by atoms with Crippen LogP contribution in [0.25, 0.3) is 16.9 Å². The first-order valence-electron chi connectivity index (χ1n) is 10.9. The van der Waals surface area contributed by atoms with Gasteiger partial charge in [-0.05, 0) is 50.1 Å². The molecule has 1 aromatic carbocycles. The van der Waals surface area contributed by atoms with Crippen LogP contribution in [0, 0.1) is 17.2 Å². The molecule has 0 atom stereocenters. The van der Waals surface area contributed by atoms with Gasteiger partial charge in [0.15, 0.2) is 5.78 Å². The molecule has 3 heterocycles. The Morgan fingerprint density at radius 2 is 2.06 bits per heavy atom. The van der Waals surface area contributed by atoms with E-state index in [1.54, 1.807) is 22.9 Å². The number of halogens is 2. The van der Waals surface area contributed by atoms with Crippen LogP contribution >= 0.6 is 0 Å². The first-order chi connectivity index (χ1) is 16.2. The largest absolute Gasteiger partial charge is 0.496 e. The van der Waals surface area contributed by atoms with Gasteiger partial charge in [-0.25, -0.2) is 4.98 Å². The van der Waals surface area contributed by atoms with Gasteiger partial charge in [0.1, 0.15) is 22.7 Å². The Balaban J connectivity index is 1.75. The quantitative estimate of drug-likeness (QED) is 0.409. The molecule has 0 aliphatic carbocycles. The van der Waals surface area contributed by atoms with Gasteiger partial charge in [0.2, 0.25) is 0 Å². The molecule has 0 spiro atoms. The van der Waals surface area contributed by atoms with E-state index in [1.807, 2.05) is 26.0 Å². The van der Waals surface area contributed by atoms with Crippen LogP contribution < -0.4 is 9.47 Å². The molecule has 7 nitrogen and oxygen atoms in total. The predicted molar refractivity (Wildman–Crippen MR) is 120 cm³/mol. The van der Waals surface area contributed by atoms with Crippen molar-refractivity contribution < 1.29 is 27.8 Å². The number of nitrogens with zero attached hydrogens (tertiary/aromatic N) is 3. The van der Waals surface area contributed by atoms with Crippen molar-refractivity contribution >= 4 is 11.4 Å². The molecular weight excluding hydrogens is 444 g/mol. The summed E-state index contributed by atoms with van der Waals surface area (Å²) in [7, 11) is 1.38. The molecule has 9 heteroatoms. The summed E-state index contributed by atoms with van der Waals surface area (Å²) >= 11 is 0. The number of aromatic nitrogens is 2. The number of benzene rings is 1. The Labute approximate surface area is 195 Å². The first kappa shape index (κ1) is 23.6. The van der Waals surface area contributed by atoms with Crippen LogP contribution in [-0.2, 0) is 10.2 Å². The number of ether oxygens (including phenoxy) is 3. The van der Waals surface area contributed by atoms with E-state index >= 15 is 0 Å². The second kappa shape index (κ2) is 9.39. The fourth-order valence-corrected chi connectivity index (χ4v) is 3.92. The van der Waals surface area contributed by atoms with E-state index in [9.17, 15) is 18.8 Å². The molecule has 3 aromatic rings. The number of imidazole rings is 1. The van der Waals surface area contributed by atoms with Crippen molar-refractivity contribution in [2.24, 2.45) is 5.92 Å². The van der Waals surface area contributed by atoms with Crippen molar-refractivity contribution in [1.29, 1.82) is 5.26 Å². The minimum Gasteiger partial charge on any atom is -0.496 e. The van der Waals surface area contributed by atoms with Crippen molar-refractivity contribution in [1.82, 2.24) is 9.38 Å². The molecule has 0 saturated carbocycles. The average molecular weight is 469 g/mol. The molecule has 4 rings (SSSR count). The average Bonchev–Trinajstić information content (AvgIpc) is 3.20. The lowest BCUT2D eigenvalue weighted by Gasteiger charge is -2.25. The van der Waals surface area contributed by atoms with Crippen molar-refractivity contribution in [3.05, 3.63) is 47.8 Å². The number of alkyl halides is 2. The van der Waals surface area contributed by atoms with E-state index in [-0.39, 0.29) is 29.3 Å². The third kappa shape index (κ3) is 4.59. The zero-order valence-corrected chi connectivity index (χ0v) is 19.2. The molecule has 1 saturated heterocycles. The number of fused-ring (bicyclic) bond motifs is 1. The van der Waals surface area contributed by atoms with E-state index in [2.05, 4.69) is 11.1 Å². The van der Waals surface area contributed by atoms with Gasteiger partial charge in [-0.1, -0.05) is 0 Å². The number of nitriles is 1. The topological polar surface area (TPSA) is 85.9 Å². The van der Waals surface area contributed by atoms with Gasteiger partial charge in [-0.15, -0.1) is 0 Å². The second-order valence-electron chi connectivity index (χ2n) is 8.82. The summed E-state index contributed by atoms with van der Waals surface area (Å²) in [6, 6.07) is 8.92. The molecule has 1 fully saturated rings. The molecule has 0 radical (unpaired) electrons. The van der Waals surface area contributed by atoms with Crippen LogP contribution in [-0.4, -0.2) is 42.1 Å². The third-order valence-corrected chi connectivity index (χ3v) is 6.08. The van der Waals surface area contributed by atoms with Crippen molar-refractivity contribution in [2.45, 2.75) is 38.7 Å². The number of carbonyl (C=O) groups is 1. The van der Waals surface area contributed by atoms with Gasteiger partial charge >= 0.3 is 6.61 Å². The predicted octanol–water partition coefficient (Wildman–Crippen LogP) is 5.02. The number of Topliss-reactive ketones (excluding diaryl/α,β-unsaturated/α-hetero) is 1. The number of hydrogen-bond donors (Lipinski definition) is 0. The summed E-state index contributed by atoms with van der Waals surface area (Å²) in [6.45, 7) is 1.73. The maximum absolute atomic E-state index is 13.3. The van der Waals surface area contributed by atoms with Gasteiger partial charge < -0.3 is 14.2 Å². The molecule has 0 amide bonds. The van der Waals surface area contributed by atoms with Gasteiger partial charge in [0.25, 0.3) is 0 Å². The molecule has 0 bridgehead atoms. The Kier molecular flexibility index (Phi) is 6.53. The maximum atomic E-state index is 13.3. The van der Waals surface area contributed by atoms with Gasteiger partial charge in [0, 0.05) is 24.1 Å². The lowest BCUT2D eigenvalue weighted by Crippen LogP contribution is -2.28. The number of methoxy groups -OCH3 is 1. The normalized spacial score (nSPS) is 14.1. The number of carbonyl (C=O) groups excluding carboxylic acids is 1. The molecule has 2 aromatic heterocycles. The van der Waals surface area contributed by atoms with Gasteiger partial charge in [-0.2, -0.15) is 14.0 Å². The first-order valence-corrected chi connectivity index (χ1v) is 10.9. The minimum atomic E-state index is -3.11. The lowest BCUT2D eigenvalue weighted by molar-refractivity contribution is -0.0502. The summed E-state index contributed by atoms with van der Waals surface area (Å²) in [5.74, 6) is -0.119. The SMILES string of the molecule is COc1cc(-c2cnc3cc(C(C)(C)C#N)ccn23)cc(OC(F)F)c1C(=O)CCC1COC1. The van der Waals surface area contributed by atoms with Gasteiger partial charge in [0.05, 0.1) is 43.7 Å². The van der Waals surface area contributed by atoms with E-state index < -0.39 is 12.0 Å². The molecule has 1 aliphatic rings. The van der Waals surface area contributed by atoms with Crippen molar-refractivity contribution in [3.63, 3.8) is 0 Å². The van der Waals surface area contributed by atoms with E-state index in [0.717, 1.165) is 5.56 Å². The van der Waals surface area contributed by atoms with E-state index in [0.29, 0.717) is 42.5 Å². The summed E-state index contributed by atoms with van der Waals surface area (Å²) in [6.07, 6.45) is 4.15. The Morgan fingerprint density at radius 3 is 2.68 bits per heavy atom. The second-order valence-corrected chi connectivity index (χ2v) is 8.82. The summed E-state index contributed by atoms with van der Waals surface area (Å²) in [5, 5.41) is 9.42. The Morgan fingerprint density at radius 1 is 1.32 bits per heavy atom. The smallest absolute Gasteiger partial charge is 0.387 e. The molecule has 0 unspecified atom stereocenters. The van der Waals surface area contributed by atoms with Crippen molar-refractivity contribution in [3.8, 4) is 28.8 Å². The summed E-state index contributed by atoms with van der Waals surface area (Å²) in [4.78, 5) is 17.4. The molecule has 34 heavy (non-hydrogen) atoms. The molecule has 1 aliphatic heterocycles. The zero-order valence-electron chi connectivity index (χ0n) is 19.2. The molecular formula is C25H25F2N3O4. The van der Waals surface area contributed by atoms with Gasteiger partial charge in [-0.3, -0.25) is 9.20 Å². The number of ketones is 1. The highest BCUT2D eigenvalue weighted by Gasteiger charge is 2.26. The van der Waals surface area contributed by atoms with Crippen LogP contribution in [0.3, 0.4) is 0 Å². The van der Waals surface area contributed by atoms with Crippen LogP contribution in [0.2, 0.25) is 0 Å². The number of pyridine rings is 1. The molecule has 178 valence electrons. The maximum Gasteiger partial charge on any atom is 0.387 e. The van der Waals surface area contributed by atoms with Crippen molar-refractivity contribution in [2.75, 3.05) is 20.3 Å². The fraction of sp³-hybridized carbons (Fsp3) is 0.400. The Hall–Kier alpha value is -3.51. The standard InChI is InChI=1S/C25H25F2N3O4/c1-25(2,14-28)17-6-7-30-18(11-29-22(30)10-17)16-8-20(32-3)23(21(9-16)34-24(26)27)19(31)5-4-15-12-33-13-15/h6-11,15,24H,4-5,12-13H2,1-3H3. The summed E-state index contributed by atoms with van der Waals surface area (Å²) in [5.41, 5.74) is 1.79. The lowest BCUT2D eigenvalue weighted by atomic mass is 9.87. The van der Waals surface area contributed by atoms with E-state index in [1.165, 1.54) is 13.2 Å². The van der Waals surface area contributed by atoms with Crippen LogP contribution in [0.4, 0.5) is 8.78 Å². The van der Waals surface area contributed by atoms with E-state index in [4.69, 9.17) is 14.2 Å². The minimum absolute atomic E-state index is 0.00123. The highest BCUT2D eigenvalue weighted by atomic mass is 19.3. The highest BCUT2D eigenvalue weighted by molar-refractivity contribution is 6.02. The number of hydrogen-bond acceptors (Lipinski definition) is 6. The third-order valence-electron chi connectivity index (χ3n) is 6.08. The zero-order chi connectivity index (χ0) is 24.5. The molecule has 0 N–H and O–H groups in total. The van der Waals surface area contributed by atoms with Crippen LogP contribution in [0.15, 0.2) is 36.7 Å². The highest BCUT2D eigenvalue weighted by Crippen LogP contribution is 2.38. The number of rotatable bonds is 9. The van der Waals surface area contributed by atoms with Crippen LogP contribution in [0.1, 0.15) is 42.6 Å².